The summed E-state index contributed by atoms with van der Waals surface area (Å²) in [6.45, 7) is 5.52. The fourth-order valence-corrected chi connectivity index (χ4v) is 1.36. The molecule has 0 aliphatic carbocycles. The van der Waals surface area contributed by atoms with Crippen molar-refractivity contribution in [2.45, 2.75) is 13.8 Å². The van der Waals surface area contributed by atoms with Gasteiger partial charge in [-0.1, -0.05) is 13.8 Å². The summed E-state index contributed by atoms with van der Waals surface area (Å²) in [5.74, 6) is -0.199. The van der Waals surface area contributed by atoms with Crippen LogP contribution in [0.15, 0.2) is 18.2 Å². The minimum Gasteiger partial charge on any atom is -0.508 e. The molecule has 0 radical (unpaired) electrons. The number of carbonyl (C=O) groups excluding carboxylic acids is 1. The topological polar surface area (TPSA) is 78.8 Å². The number of carbonyl (C=O) groups is 1. The summed E-state index contributed by atoms with van der Waals surface area (Å²) >= 11 is 0. The Kier molecular flexibility index (Phi) is 5.45. The molecule has 5 nitrogen and oxygen atoms in total. The number of ether oxygens (including phenoxy) is 1. The third-order valence-corrected chi connectivity index (χ3v) is 2.21. The van der Waals surface area contributed by atoms with Crippen molar-refractivity contribution in [1.29, 1.82) is 0 Å². The fraction of sp³-hybridized carbons (Fsp3) is 0.462. The van der Waals surface area contributed by atoms with Crippen LogP contribution >= 0.6 is 0 Å². The number of amides is 1. The van der Waals surface area contributed by atoms with Crippen molar-refractivity contribution in [1.82, 2.24) is 5.32 Å². The van der Waals surface area contributed by atoms with Gasteiger partial charge >= 0.3 is 0 Å². The van der Waals surface area contributed by atoms with Gasteiger partial charge in [0.2, 0.25) is 0 Å². The van der Waals surface area contributed by atoms with E-state index < -0.39 is 5.91 Å². The molecule has 1 aromatic carbocycles. The predicted octanol–water partition coefficient (Wildman–Crippen LogP) is 1.50. The molecule has 3 N–H and O–H groups in total. The van der Waals surface area contributed by atoms with E-state index in [4.69, 9.17) is 4.74 Å². The summed E-state index contributed by atoms with van der Waals surface area (Å²) in [5, 5.41) is 21.3. The maximum atomic E-state index is 11.7. The molecular weight excluding hydrogens is 234 g/mol. The maximum absolute atomic E-state index is 11.7. The number of phenols is 2. The number of hydrogen-bond donors (Lipinski definition) is 3. The van der Waals surface area contributed by atoms with Crippen molar-refractivity contribution in [2.24, 2.45) is 5.92 Å². The third-order valence-electron chi connectivity index (χ3n) is 2.21. The molecule has 0 aliphatic rings. The van der Waals surface area contributed by atoms with Gasteiger partial charge in [0.25, 0.3) is 5.91 Å². The van der Waals surface area contributed by atoms with Gasteiger partial charge in [0.05, 0.1) is 12.2 Å². The number of phenolic OH excluding ortho intramolecular Hbond substituents is 2. The Balaban J connectivity index is 2.39. The fourth-order valence-electron chi connectivity index (χ4n) is 1.36. The van der Waals surface area contributed by atoms with Crippen LogP contribution in [0.4, 0.5) is 0 Å². The number of hydrogen-bond acceptors (Lipinski definition) is 4. The van der Waals surface area contributed by atoms with E-state index >= 15 is 0 Å². The van der Waals surface area contributed by atoms with Gasteiger partial charge in [0.15, 0.2) is 0 Å². The molecule has 0 saturated carbocycles. The SMILES string of the molecule is CC(C)COCCNC(=O)c1cc(O)ccc1O. The Labute approximate surface area is 106 Å². The standard InChI is InChI=1S/C13H19NO4/c1-9(2)8-18-6-5-14-13(17)11-7-10(15)3-4-12(11)16/h3-4,7,9,15-16H,5-6,8H2,1-2H3,(H,14,17). The maximum Gasteiger partial charge on any atom is 0.255 e. The Morgan fingerprint density at radius 2 is 2.11 bits per heavy atom. The van der Waals surface area contributed by atoms with Crippen molar-refractivity contribution in [3.05, 3.63) is 23.8 Å². The van der Waals surface area contributed by atoms with Crippen LogP contribution in [0.3, 0.4) is 0 Å². The second kappa shape index (κ2) is 6.86. The average molecular weight is 253 g/mol. The van der Waals surface area contributed by atoms with Crippen molar-refractivity contribution < 1.29 is 19.7 Å². The van der Waals surface area contributed by atoms with E-state index in [1.165, 1.54) is 18.2 Å². The summed E-state index contributed by atoms with van der Waals surface area (Å²) in [4.78, 5) is 11.7. The lowest BCUT2D eigenvalue weighted by molar-refractivity contribution is 0.0883. The van der Waals surface area contributed by atoms with E-state index in [9.17, 15) is 15.0 Å². The number of rotatable bonds is 6. The van der Waals surface area contributed by atoms with E-state index in [0.717, 1.165) is 0 Å². The molecular formula is C13H19NO4. The van der Waals surface area contributed by atoms with Gasteiger partial charge in [-0.25, -0.2) is 0 Å². The first-order valence-corrected chi connectivity index (χ1v) is 5.88. The largest absolute Gasteiger partial charge is 0.508 e. The lowest BCUT2D eigenvalue weighted by Gasteiger charge is -2.09. The molecule has 1 amide bonds. The molecule has 1 aromatic rings. The van der Waals surface area contributed by atoms with E-state index in [1.54, 1.807) is 0 Å². The van der Waals surface area contributed by atoms with Gasteiger partial charge in [-0.3, -0.25) is 4.79 Å². The van der Waals surface area contributed by atoms with Crippen molar-refractivity contribution in [3.8, 4) is 11.5 Å². The van der Waals surface area contributed by atoms with Crippen LogP contribution in [-0.2, 0) is 4.74 Å². The van der Waals surface area contributed by atoms with Gasteiger partial charge < -0.3 is 20.3 Å². The van der Waals surface area contributed by atoms with Crippen molar-refractivity contribution in [2.75, 3.05) is 19.8 Å². The second-order valence-electron chi connectivity index (χ2n) is 4.43. The number of aromatic hydroxyl groups is 2. The Bertz CT molecular complexity index is 404. The molecule has 0 spiro atoms. The van der Waals surface area contributed by atoms with Crippen LogP contribution in [0.25, 0.3) is 0 Å². The zero-order valence-corrected chi connectivity index (χ0v) is 10.6. The summed E-state index contributed by atoms with van der Waals surface area (Å²) in [7, 11) is 0. The average Bonchev–Trinajstić information content (AvgIpc) is 2.31. The summed E-state index contributed by atoms with van der Waals surface area (Å²) in [6, 6.07) is 3.82. The number of nitrogens with one attached hydrogen (secondary N) is 1. The van der Waals surface area contributed by atoms with Gasteiger partial charge in [-0.05, 0) is 24.1 Å². The van der Waals surface area contributed by atoms with Crippen LogP contribution < -0.4 is 5.32 Å². The molecule has 0 saturated heterocycles. The molecule has 100 valence electrons. The molecule has 0 aromatic heterocycles. The van der Waals surface area contributed by atoms with E-state index in [2.05, 4.69) is 5.32 Å². The highest BCUT2D eigenvalue weighted by Gasteiger charge is 2.11. The van der Waals surface area contributed by atoms with Crippen LogP contribution in [0.1, 0.15) is 24.2 Å². The van der Waals surface area contributed by atoms with E-state index in [0.29, 0.717) is 25.7 Å². The number of benzene rings is 1. The smallest absolute Gasteiger partial charge is 0.255 e. The van der Waals surface area contributed by atoms with Crippen LogP contribution in [0, 0.1) is 5.92 Å². The predicted molar refractivity (Wildman–Crippen MR) is 67.8 cm³/mol. The lowest BCUT2D eigenvalue weighted by Crippen LogP contribution is -2.27. The lowest BCUT2D eigenvalue weighted by atomic mass is 10.2. The summed E-state index contributed by atoms with van der Waals surface area (Å²) in [5.41, 5.74) is 0.0545. The van der Waals surface area contributed by atoms with Crippen molar-refractivity contribution in [3.63, 3.8) is 0 Å². The first-order chi connectivity index (χ1) is 8.50. The minimum absolute atomic E-state index is 0.0545. The quantitative estimate of drug-likeness (QED) is 0.530. The second-order valence-corrected chi connectivity index (χ2v) is 4.43. The monoisotopic (exact) mass is 253 g/mol. The normalized spacial score (nSPS) is 10.6. The first kappa shape index (κ1) is 14.3. The zero-order chi connectivity index (χ0) is 13.5. The van der Waals surface area contributed by atoms with Crippen LogP contribution in [0.2, 0.25) is 0 Å². The Hall–Kier alpha value is -1.75. The summed E-state index contributed by atoms with van der Waals surface area (Å²) in [6.07, 6.45) is 0. The molecule has 0 atom stereocenters. The molecule has 18 heavy (non-hydrogen) atoms. The van der Waals surface area contributed by atoms with Crippen molar-refractivity contribution >= 4 is 5.91 Å². The van der Waals surface area contributed by atoms with Crippen LogP contribution in [0.5, 0.6) is 11.5 Å². The van der Waals surface area contributed by atoms with E-state index in [-0.39, 0.29) is 17.1 Å². The van der Waals surface area contributed by atoms with Gasteiger partial charge in [0.1, 0.15) is 11.5 Å². The molecule has 5 heteroatoms. The summed E-state index contributed by atoms with van der Waals surface area (Å²) < 4.78 is 5.31. The molecule has 0 fully saturated rings. The molecule has 1 rings (SSSR count). The molecule has 0 bridgehead atoms. The van der Waals surface area contributed by atoms with Gasteiger partial charge in [0, 0.05) is 13.2 Å². The molecule has 0 heterocycles. The Morgan fingerprint density at radius 1 is 1.39 bits per heavy atom. The highest BCUT2D eigenvalue weighted by molar-refractivity contribution is 5.97. The molecule has 0 unspecified atom stereocenters. The van der Waals surface area contributed by atoms with E-state index in [1.807, 2.05) is 13.8 Å². The van der Waals surface area contributed by atoms with Gasteiger partial charge in [-0.15, -0.1) is 0 Å². The van der Waals surface area contributed by atoms with Crippen LogP contribution in [-0.4, -0.2) is 35.9 Å². The van der Waals surface area contributed by atoms with Gasteiger partial charge in [-0.2, -0.15) is 0 Å². The highest BCUT2D eigenvalue weighted by atomic mass is 16.5. The Morgan fingerprint density at radius 3 is 2.78 bits per heavy atom. The zero-order valence-electron chi connectivity index (χ0n) is 10.6. The highest BCUT2D eigenvalue weighted by Crippen LogP contribution is 2.21. The minimum atomic E-state index is -0.434. The molecule has 0 aliphatic heterocycles. The third kappa shape index (κ3) is 4.63. The first-order valence-electron chi connectivity index (χ1n) is 5.88.